The Morgan fingerprint density at radius 1 is 0.214 bits per heavy atom. The Hall–Kier alpha value is -10.9. The zero-order chi connectivity index (χ0) is 109. The molecule has 0 fully saturated rings. The van der Waals surface area contributed by atoms with Gasteiger partial charge in [-0.05, 0) is 189 Å². The topological polar surface area (TPSA) is 6.48 Å². The highest BCUT2D eigenvalue weighted by Crippen LogP contribution is 2.47. The summed E-state index contributed by atoms with van der Waals surface area (Å²) in [5, 5.41) is 0. The van der Waals surface area contributed by atoms with Gasteiger partial charge in [0, 0.05) is 29.9 Å². The monoisotopic (exact) mass is 1880 g/mol. The second-order valence-electron chi connectivity index (χ2n) is 42.7. The van der Waals surface area contributed by atoms with Gasteiger partial charge in [0.2, 0.25) is 13.7 Å². The van der Waals surface area contributed by atoms with Gasteiger partial charge in [-0.2, -0.15) is 0 Å². The van der Waals surface area contributed by atoms with E-state index in [0.717, 1.165) is 12.8 Å². The van der Waals surface area contributed by atoms with Gasteiger partial charge in [0.1, 0.15) is 0 Å². The lowest BCUT2D eigenvalue weighted by Crippen LogP contribution is -2.30. The van der Waals surface area contributed by atoms with Crippen LogP contribution >= 0.6 is 0 Å². The summed E-state index contributed by atoms with van der Waals surface area (Å²) in [5.74, 6) is 3.31. The molecule has 0 aliphatic carbocycles. The highest BCUT2D eigenvalue weighted by molar-refractivity contribution is 6.52. The maximum absolute atomic E-state index is 7.32. The molecule has 14 aromatic carbocycles. The van der Waals surface area contributed by atoms with Crippen molar-refractivity contribution in [2.24, 2.45) is 21.7 Å². The summed E-state index contributed by atoms with van der Waals surface area (Å²) in [6.45, 7) is 57.3. The fourth-order valence-corrected chi connectivity index (χ4v) is 15.1. The minimum atomic E-state index is -1.87. The quantitative estimate of drug-likeness (QED) is 0.0589. The Kier molecular flexibility index (Phi) is 49.0. The number of rotatable bonds is 23. The molecule has 0 aliphatic rings. The summed E-state index contributed by atoms with van der Waals surface area (Å²) >= 11 is 0. The first-order valence-electron chi connectivity index (χ1n) is 54.8. The maximum atomic E-state index is 7.32. The van der Waals surface area contributed by atoms with Crippen molar-refractivity contribution in [1.82, 2.24) is 9.62 Å². The molecule has 0 saturated carbocycles. The summed E-state index contributed by atoms with van der Waals surface area (Å²) < 4.78 is 43.9. The van der Waals surface area contributed by atoms with Crippen molar-refractivity contribution in [2.45, 2.75) is 290 Å². The van der Waals surface area contributed by atoms with Crippen LogP contribution in [0.2, 0.25) is 27.3 Å². The van der Waals surface area contributed by atoms with E-state index in [9.17, 15) is 0 Å². The lowest BCUT2D eigenvalue weighted by atomic mass is 9.66. The van der Waals surface area contributed by atoms with E-state index in [1.54, 1.807) is 27.7 Å². The molecule has 14 rings (SSSR count). The van der Waals surface area contributed by atoms with Gasteiger partial charge in [-0.1, -0.05) is 632 Å². The Balaban J connectivity index is 0.000000342. The molecular weight excluding hydrogens is 1680 g/mol. The van der Waals surface area contributed by atoms with Crippen molar-refractivity contribution in [3.05, 3.63) is 503 Å². The fraction of sp³-hybridized carbons (Fsp3) is 0.382. The highest BCUT2D eigenvalue weighted by atomic mass is 15.0. The molecule has 0 aromatic heterocycles. The molecule has 14 aromatic rings. The van der Waals surface area contributed by atoms with Crippen LogP contribution < -0.4 is 0 Å². The number of hydrogen-bond acceptors (Lipinski definition) is 2. The van der Waals surface area contributed by atoms with Crippen LogP contribution in [0.5, 0.6) is 0 Å². The molecule has 6 atom stereocenters. The second-order valence-corrected chi connectivity index (χ2v) is 42.7. The SMILES string of the molecule is CB(C)N(C)C.CB(C)N(C)C.CCC(C)(c1ccccc1)c1ccccc1.CCC(C)(c1ccccc1)c1ccccc1.CC[C@@H](C)c1ccccc1.CC[C@H](C)c1ccccc1.C[C@@H](c1ccccc1)C(C)(c1ccccc1)c1ccccc1.C[C@H](c1ccccc1)C(C)(c1ccccc1)c1ccccc1.C[C@H](c1ccccc1)[C@@H](C)c1ccccc1.[2H]C([2H])([2H])C(C)(C)C(C)(C)C.[2H]C([2H])([2H])C(C)(C)C(C)(C)C. The second kappa shape index (κ2) is 61.7. The molecule has 0 aliphatic heterocycles. The molecule has 0 radical (unpaired) electrons. The first-order chi connectivity index (χ1) is 68.8. The normalized spacial score (nSPS) is 13.4. The van der Waals surface area contributed by atoms with Crippen molar-refractivity contribution in [2.75, 3.05) is 28.2 Å². The van der Waals surface area contributed by atoms with Gasteiger partial charge in [-0.15, -0.1) is 0 Å². The molecule has 0 heterocycles. The first-order valence-corrected chi connectivity index (χ1v) is 51.8. The number of benzene rings is 14. The third-order valence-corrected chi connectivity index (χ3v) is 30.1. The van der Waals surface area contributed by atoms with E-state index in [1.165, 1.54) is 90.7 Å². The predicted molar refractivity (Wildman–Crippen MR) is 628 cm³/mol. The van der Waals surface area contributed by atoms with Crippen LogP contribution in [-0.2, 0) is 21.7 Å². The van der Waals surface area contributed by atoms with E-state index in [0.29, 0.717) is 49.2 Å². The molecule has 0 unspecified atom stereocenters. The summed E-state index contributed by atoms with van der Waals surface area (Å²) in [7, 11) is 8.30. The molecule has 0 bridgehead atoms. The van der Waals surface area contributed by atoms with E-state index >= 15 is 0 Å². The fourth-order valence-electron chi connectivity index (χ4n) is 15.1. The minimum absolute atomic E-state index is 0.0517. The lowest BCUT2D eigenvalue weighted by molar-refractivity contribution is 0.157. The largest absolute Gasteiger partial charge is 0.348 e. The molecule has 4 heteroatoms. The van der Waals surface area contributed by atoms with Crippen molar-refractivity contribution in [3.63, 3.8) is 0 Å². The van der Waals surface area contributed by atoms with Gasteiger partial charge in [0.05, 0.1) is 0 Å². The van der Waals surface area contributed by atoms with E-state index in [2.05, 4.69) is 587 Å². The Labute approximate surface area is 868 Å². The average molecular weight is 1880 g/mol. The van der Waals surface area contributed by atoms with Gasteiger partial charge in [-0.3, -0.25) is 0 Å². The van der Waals surface area contributed by atoms with E-state index in [1.807, 2.05) is 41.5 Å². The summed E-state index contributed by atoms with van der Waals surface area (Å²) in [6, 6.07) is 151. The van der Waals surface area contributed by atoms with Crippen LogP contribution in [0.1, 0.15) is 327 Å². The Morgan fingerprint density at radius 2 is 0.357 bits per heavy atom. The molecule has 0 N–H and O–H groups in total. The number of nitrogens with zero attached hydrogens (tertiary/aromatic N) is 2. The summed E-state index contributed by atoms with van der Waals surface area (Å²) in [4.78, 5) is 4.33. The predicted octanol–water partition coefficient (Wildman–Crippen LogP) is 39.1. The third kappa shape index (κ3) is 39.9. The molecule has 0 amide bonds. The standard InChI is InChI=1S/2C22H22.3C16H18.2C10H14.2C8H18.2C4H12BN/c2*1-18(19-12-6-3-7-13-19)22(2,20-14-8-4-9-15-20)21-16-10-5-11-17-21;1-13(15-9-5-3-6-10-15)14(2)16-11-7-4-8-12-16;2*1-3-16(2,14-10-6-4-7-11-14)15-12-8-5-9-13-15;2*1-3-9(2)10-7-5-4-6-8-10;2*1-7(2,3)8(4,5)6;2*1-5(2)6(3)4/h2*3-18H,1-2H3;3-14H,1-2H3;2*4-13H,3H2,1-2H3;2*4-9H,3H2,1-2H3;2*1-6H3;2*1-4H3/t2*18-;13-,14+;;;2*9-;;;;/m10...10..../s1/i;;;;;;;2*1D3;;. The van der Waals surface area contributed by atoms with Gasteiger partial charge in [0.15, 0.2) is 0 Å². The van der Waals surface area contributed by atoms with E-state index in [4.69, 9.17) is 8.22 Å². The molecule has 2 nitrogen and oxygen atoms in total. The first kappa shape index (κ1) is 111. The average Bonchev–Trinajstić information content (AvgIpc) is 0.768. The van der Waals surface area contributed by atoms with Crippen molar-refractivity contribution in [1.29, 1.82) is 0 Å². The smallest absolute Gasteiger partial charge is 0.216 e. The molecule has 0 saturated heterocycles. The maximum Gasteiger partial charge on any atom is 0.216 e. The van der Waals surface area contributed by atoms with Gasteiger partial charge >= 0.3 is 0 Å². The van der Waals surface area contributed by atoms with Crippen LogP contribution in [0, 0.1) is 21.7 Å². The van der Waals surface area contributed by atoms with Crippen molar-refractivity contribution in [3.8, 4) is 0 Å². The molecule has 0 spiro atoms. The lowest BCUT2D eigenvalue weighted by Gasteiger charge is -2.37. The Bertz CT molecular complexity index is 5090. The summed E-state index contributed by atoms with van der Waals surface area (Å²) in [5.41, 5.74) is 18.0. The number of hydrogen-bond donors (Lipinski definition) is 0. The van der Waals surface area contributed by atoms with Crippen LogP contribution in [0.15, 0.2) is 425 Å². The van der Waals surface area contributed by atoms with Crippen molar-refractivity contribution < 1.29 is 8.22 Å². The van der Waals surface area contributed by atoms with Crippen LogP contribution in [0.3, 0.4) is 0 Å². The molecule has 140 heavy (non-hydrogen) atoms. The third-order valence-electron chi connectivity index (χ3n) is 30.1. The van der Waals surface area contributed by atoms with Crippen LogP contribution in [0.25, 0.3) is 0 Å². The Morgan fingerprint density at radius 3 is 0.486 bits per heavy atom. The van der Waals surface area contributed by atoms with Gasteiger partial charge in [0.25, 0.3) is 0 Å². The zero-order valence-electron chi connectivity index (χ0n) is 98.8. The highest BCUT2D eigenvalue weighted by Gasteiger charge is 2.38. The van der Waals surface area contributed by atoms with Crippen molar-refractivity contribution >= 4 is 13.7 Å². The van der Waals surface area contributed by atoms with Gasteiger partial charge in [-0.25, -0.2) is 0 Å². The minimum Gasteiger partial charge on any atom is -0.348 e. The van der Waals surface area contributed by atoms with Gasteiger partial charge < -0.3 is 9.62 Å². The zero-order valence-corrected chi connectivity index (χ0v) is 92.8. The van der Waals surface area contributed by atoms with Crippen LogP contribution in [0.4, 0.5) is 0 Å². The van der Waals surface area contributed by atoms with E-state index < -0.39 is 24.5 Å². The van der Waals surface area contributed by atoms with Crippen LogP contribution in [-0.4, -0.2) is 51.5 Å². The molecule has 746 valence electrons. The summed E-state index contributed by atoms with van der Waals surface area (Å²) in [6.07, 6.45) is 4.68. The molecular formula is C136H186B2N2. The van der Waals surface area contributed by atoms with E-state index in [-0.39, 0.29) is 32.5 Å².